The number of aromatic nitrogens is 2. The predicted octanol–water partition coefficient (Wildman–Crippen LogP) is 3.09. The van der Waals surface area contributed by atoms with Gasteiger partial charge in [0.1, 0.15) is 12.6 Å². The highest BCUT2D eigenvalue weighted by Gasteiger charge is 2.32. The van der Waals surface area contributed by atoms with E-state index in [0.29, 0.717) is 23.3 Å². The lowest BCUT2D eigenvalue weighted by Crippen LogP contribution is -2.40. The molecule has 0 N–H and O–H groups in total. The molecule has 1 aromatic heterocycles. The monoisotopic (exact) mass is 335 g/mol. The molecule has 0 saturated carbocycles. The Morgan fingerprint density at radius 2 is 2.35 bits per heavy atom. The SMILES string of the molecule is COCC(=O)N1CCCCC1c1nc(-c2cccc(Cl)c2)no1. The second-order valence-corrected chi connectivity index (χ2v) is 5.93. The van der Waals surface area contributed by atoms with Crippen molar-refractivity contribution < 1.29 is 14.1 Å². The summed E-state index contributed by atoms with van der Waals surface area (Å²) in [5, 5.41) is 4.64. The summed E-state index contributed by atoms with van der Waals surface area (Å²) in [6, 6.07) is 7.09. The van der Waals surface area contributed by atoms with E-state index in [9.17, 15) is 4.79 Å². The van der Waals surface area contributed by atoms with Crippen LogP contribution in [0.4, 0.5) is 0 Å². The number of hydrogen-bond donors (Lipinski definition) is 0. The van der Waals surface area contributed by atoms with E-state index in [0.717, 1.165) is 24.8 Å². The van der Waals surface area contributed by atoms with E-state index in [1.54, 1.807) is 17.0 Å². The fourth-order valence-electron chi connectivity index (χ4n) is 2.81. The van der Waals surface area contributed by atoms with Crippen LogP contribution in [0.1, 0.15) is 31.2 Å². The van der Waals surface area contributed by atoms with Crippen LogP contribution in [0.15, 0.2) is 28.8 Å². The maximum atomic E-state index is 12.2. The summed E-state index contributed by atoms with van der Waals surface area (Å²) in [6.07, 6.45) is 2.81. The highest BCUT2D eigenvalue weighted by molar-refractivity contribution is 6.30. The minimum absolute atomic E-state index is 0.0558. The third kappa shape index (κ3) is 3.54. The molecule has 1 atom stereocenters. The van der Waals surface area contributed by atoms with Crippen molar-refractivity contribution in [2.45, 2.75) is 25.3 Å². The molecule has 1 amide bonds. The van der Waals surface area contributed by atoms with Crippen molar-refractivity contribution in [1.82, 2.24) is 15.0 Å². The van der Waals surface area contributed by atoms with Gasteiger partial charge in [-0.2, -0.15) is 4.98 Å². The largest absolute Gasteiger partial charge is 0.375 e. The predicted molar refractivity (Wildman–Crippen MR) is 84.9 cm³/mol. The van der Waals surface area contributed by atoms with Crippen molar-refractivity contribution in [2.75, 3.05) is 20.3 Å². The molecule has 0 spiro atoms. The number of amides is 1. The van der Waals surface area contributed by atoms with Crippen LogP contribution in [-0.4, -0.2) is 41.2 Å². The van der Waals surface area contributed by atoms with Gasteiger partial charge in [-0.15, -0.1) is 0 Å². The lowest BCUT2D eigenvalue weighted by Gasteiger charge is -2.33. The normalized spacial score (nSPS) is 18.2. The number of benzene rings is 1. The van der Waals surface area contributed by atoms with Gasteiger partial charge in [0, 0.05) is 24.2 Å². The molecule has 1 aromatic carbocycles. The summed E-state index contributed by atoms with van der Waals surface area (Å²) in [5.41, 5.74) is 0.790. The van der Waals surface area contributed by atoms with Crippen molar-refractivity contribution in [3.63, 3.8) is 0 Å². The summed E-state index contributed by atoms with van der Waals surface area (Å²) < 4.78 is 10.4. The summed E-state index contributed by atoms with van der Waals surface area (Å²) >= 11 is 6.00. The van der Waals surface area contributed by atoms with E-state index < -0.39 is 0 Å². The lowest BCUT2D eigenvalue weighted by atomic mass is 10.0. The second-order valence-electron chi connectivity index (χ2n) is 5.50. The van der Waals surface area contributed by atoms with E-state index in [-0.39, 0.29) is 18.6 Å². The standard InChI is InChI=1S/C16H18ClN3O3/c1-22-10-14(21)20-8-3-2-7-13(20)16-18-15(19-23-16)11-5-4-6-12(17)9-11/h4-6,9,13H,2-3,7-8,10H2,1H3. The fraction of sp³-hybridized carbons (Fsp3) is 0.438. The van der Waals surface area contributed by atoms with Gasteiger partial charge in [-0.1, -0.05) is 28.9 Å². The Hall–Kier alpha value is -1.92. The molecule has 1 aliphatic rings. The number of hydrogen-bond acceptors (Lipinski definition) is 5. The third-order valence-electron chi connectivity index (χ3n) is 3.90. The number of ether oxygens (including phenoxy) is 1. The number of carbonyl (C=O) groups excluding carboxylic acids is 1. The molecule has 3 rings (SSSR count). The van der Waals surface area contributed by atoms with Crippen LogP contribution in [0, 0.1) is 0 Å². The average molecular weight is 336 g/mol. The number of rotatable bonds is 4. The van der Waals surface area contributed by atoms with Crippen LogP contribution in [0.25, 0.3) is 11.4 Å². The first kappa shape index (κ1) is 16.0. The van der Waals surface area contributed by atoms with Gasteiger partial charge in [0.25, 0.3) is 0 Å². The molecule has 1 saturated heterocycles. The lowest BCUT2D eigenvalue weighted by molar-refractivity contribution is -0.139. The molecule has 0 aliphatic carbocycles. The van der Waals surface area contributed by atoms with Gasteiger partial charge >= 0.3 is 0 Å². The summed E-state index contributed by atoms with van der Waals surface area (Å²) in [6.45, 7) is 0.744. The van der Waals surface area contributed by atoms with Gasteiger partial charge in [-0.25, -0.2) is 0 Å². The maximum absolute atomic E-state index is 12.2. The van der Waals surface area contributed by atoms with Crippen LogP contribution in [0.5, 0.6) is 0 Å². The van der Waals surface area contributed by atoms with Crippen LogP contribution in [0.2, 0.25) is 5.02 Å². The van der Waals surface area contributed by atoms with Gasteiger partial charge in [0.05, 0.1) is 0 Å². The Bertz CT molecular complexity index is 689. The number of piperidine rings is 1. The van der Waals surface area contributed by atoms with Crippen molar-refractivity contribution in [1.29, 1.82) is 0 Å². The minimum Gasteiger partial charge on any atom is -0.375 e. The molecule has 2 aromatic rings. The zero-order valence-electron chi connectivity index (χ0n) is 12.9. The number of halogens is 1. The van der Waals surface area contributed by atoms with E-state index in [4.69, 9.17) is 20.9 Å². The molecule has 2 heterocycles. The van der Waals surface area contributed by atoms with E-state index in [1.165, 1.54) is 7.11 Å². The molecule has 1 fully saturated rings. The zero-order chi connectivity index (χ0) is 16.2. The Morgan fingerprint density at radius 1 is 1.48 bits per heavy atom. The average Bonchev–Trinajstić information content (AvgIpc) is 3.05. The second kappa shape index (κ2) is 7.10. The maximum Gasteiger partial charge on any atom is 0.249 e. The number of methoxy groups -OCH3 is 1. The summed E-state index contributed by atoms with van der Waals surface area (Å²) in [7, 11) is 1.51. The third-order valence-corrected chi connectivity index (χ3v) is 4.14. The van der Waals surface area contributed by atoms with Crippen LogP contribution >= 0.6 is 11.6 Å². The molecular formula is C16H18ClN3O3. The Labute approximate surface area is 139 Å². The fourth-order valence-corrected chi connectivity index (χ4v) is 3.00. The molecule has 6 nitrogen and oxygen atoms in total. The Balaban J connectivity index is 1.84. The highest BCUT2D eigenvalue weighted by Crippen LogP contribution is 2.31. The van der Waals surface area contributed by atoms with Crippen molar-refractivity contribution in [3.8, 4) is 11.4 Å². The molecule has 1 unspecified atom stereocenters. The summed E-state index contributed by atoms with van der Waals surface area (Å²) in [4.78, 5) is 18.4. The number of likely N-dealkylation sites (tertiary alicyclic amines) is 1. The first-order chi connectivity index (χ1) is 11.2. The molecule has 0 radical (unpaired) electrons. The van der Waals surface area contributed by atoms with Gasteiger partial charge in [0.2, 0.25) is 17.6 Å². The number of nitrogens with zero attached hydrogens (tertiary/aromatic N) is 3. The van der Waals surface area contributed by atoms with Crippen LogP contribution in [-0.2, 0) is 9.53 Å². The van der Waals surface area contributed by atoms with E-state index in [2.05, 4.69) is 10.1 Å². The highest BCUT2D eigenvalue weighted by atomic mass is 35.5. The molecule has 7 heteroatoms. The number of carbonyl (C=O) groups is 1. The Kier molecular flexibility index (Phi) is 4.93. The van der Waals surface area contributed by atoms with E-state index in [1.807, 2.05) is 12.1 Å². The molecule has 0 bridgehead atoms. The zero-order valence-corrected chi connectivity index (χ0v) is 13.6. The topological polar surface area (TPSA) is 68.5 Å². The van der Waals surface area contributed by atoms with Gasteiger partial charge in [-0.05, 0) is 31.4 Å². The van der Waals surface area contributed by atoms with Gasteiger partial charge < -0.3 is 14.2 Å². The van der Waals surface area contributed by atoms with Crippen LogP contribution < -0.4 is 0 Å². The quantitative estimate of drug-likeness (QED) is 0.858. The minimum atomic E-state index is -0.188. The van der Waals surface area contributed by atoms with Crippen molar-refractivity contribution in [3.05, 3.63) is 35.2 Å². The molecule has 122 valence electrons. The molecular weight excluding hydrogens is 318 g/mol. The van der Waals surface area contributed by atoms with E-state index >= 15 is 0 Å². The Morgan fingerprint density at radius 3 is 3.13 bits per heavy atom. The summed E-state index contributed by atoms with van der Waals surface area (Å²) in [5.74, 6) is 0.885. The first-order valence-electron chi connectivity index (χ1n) is 7.57. The van der Waals surface area contributed by atoms with Gasteiger partial charge in [0.15, 0.2) is 0 Å². The van der Waals surface area contributed by atoms with Crippen molar-refractivity contribution in [2.24, 2.45) is 0 Å². The first-order valence-corrected chi connectivity index (χ1v) is 7.95. The smallest absolute Gasteiger partial charge is 0.249 e. The van der Waals surface area contributed by atoms with Gasteiger partial charge in [-0.3, -0.25) is 4.79 Å². The molecule has 23 heavy (non-hydrogen) atoms. The molecule has 1 aliphatic heterocycles. The van der Waals surface area contributed by atoms with Crippen LogP contribution in [0.3, 0.4) is 0 Å². The van der Waals surface area contributed by atoms with Crippen molar-refractivity contribution >= 4 is 17.5 Å².